The number of hydrogen-bond acceptors (Lipinski definition) is 4. The highest BCUT2D eigenvalue weighted by molar-refractivity contribution is 14.1. The minimum absolute atomic E-state index is 0.0306. The van der Waals surface area contributed by atoms with Gasteiger partial charge in [0.05, 0.1) is 11.3 Å². The number of hydrogen-bond donors (Lipinski definition) is 2. The Morgan fingerprint density at radius 2 is 2.00 bits per heavy atom. The van der Waals surface area contributed by atoms with Gasteiger partial charge in [0.2, 0.25) is 10.0 Å². The molecule has 0 saturated carbocycles. The molecule has 0 saturated heterocycles. The summed E-state index contributed by atoms with van der Waals surface area (Å²) in [7, 11) is -4.15. The fraction of sp³-hybridized carbons (Fsp3) is 0.167. The van der Waals surface area contributed by atoms with Crippen LogP contribution in [0.25, 0.3) is 0 Å². The largest absolute Gasteiger partial charge is 0.397 e. The van der Waals surface area contributed by atoms with E-state index in [2.05, 4.69) is 4.98 Å². The maximum atomic E-state index is 12.4. The van der Waals surface area contributed by atoms with E-state index in [1.54, 1.807) is 22.6 Å². The van der Waals surface area contributed by atoms with E-state index in [1.165, 1.54) is 0 Å². The first kappa shape index (κ1) is 12.5. The lowest BCUT2D eigenvalue weighted by molar-refractivity contribution is 0.151. The van der Waals surface area contributed by atoms with Gasteiger partial charge in [-0.2, -0.15) is 0 Å². The predicted molar refractivity (Wildman–Crippen MR) is 57.7 cm³/mol. The molecule has 0 atom stereocenters. The van der Waals surface area contributed by atoms with Crippen LogP contribution in [-0.2, 0) is 10.0 Å². The molecule has 5 nitrogen and oxygen atoms in total. The summed E-state index contributed by atoms with van der Waals surface area (Å²) in [5.41, 5.74) is 4.10. The summed E-state index contributed by atoms with van der Waals surface area (Å²) in [5, 5.41) is 4.83. The van der Waals surface area contributed by atoms with Gasteiger partial charge in [0.25, 0.3) is 6.43 Å². The molecule has 0 spiro atoms. The third-order valence-electron chi connectivity index (χ3n) is 1.58. The number of aromatic nitrogens is 1. The zero-order chi connectivity index (χ0) is 11.8. The first-order valence-electron chi connectivity index (χ1n) is 3.50. The number of halogens is 3. The minimum Gasteiger partial charge on any atom is -0.397 e. The van der Waals surface area contributed by atoms with E-state index in [9.17, 15) is 17.2 Å². The molecule has 0 aliphatic heterocycles. The molecule has 1 heterocycles. The number of anilines is 1. The number of alkyl halides is 2. The van der Waals surface area contributed by atoms with Crippen LogP contribution >= 0.6 is 22.6 Å². The summed E-state index contributed by atoms with van der Waals surface area (Å²) >= 11 is 1.56. The zero-order valence-corrected chi connectivity index (χ0v) is 10.1. The number of nitrogen functional groups attached to an aromatic ring is 1. The van der Waals surface area contributed by atoms with E-state index < -0.39 is 32.6 Å². The third-order valence-corrected chi connectivity index (χ3v) is 3.75. The van der Waals surface area contributed by atoms with Gasteiger partial charge in [0.15, 0.2) is 0 Å². The average molecular weight is 349 g/mol. The van der Waals surface area contributed by atoms with Crippen LogP contribution in [0.15, 0.2) is 11.1 Å². The Kier molecular flexibility index (Phi) is 3.45. The Morgan fingerprint density at radius 3 is 2.40 bits per heavy atom. The number of primary sulfonamides is 1. The van der Waals surface area contributed by atoms with Crippen LogP contribution in [0.4, 0.5) is 14.5 Å². The number of pyridine rings is 1. The fourth-order valence-electron chi connectivity index (χ4n) is 0.941. The van der Waals surface area contributed by atoms with Gasteiger partial charge < -0.3 is 5.73 Å². The second-order valence-electron chi connectivity index (χ2n) is 2.59. The second-order valence-corrected chi connectivity index (χ2v) is 5.11. The van der Waals surface area contributed by atoms with Gasteiger partial charge in [-0.1, -0.05) is 0 Å². The van der Waals surface area contributed by atoms with Gasteiger partial charge >= 0.3 is 0 Å². The molecule has 1 aromatic heterocycles. The third kappa shape index (κ3) is 2.52. The highest BCUT2D eigenvalue weighted by Crippen LogP contribution is 2.31. The van der Waals surface area contributed by atoms with Gasteiger partial charge in [-0.3, -0.25) is 0 Å². The standard InChI is InChI=1S/C6H6F2IN3O2S/c7-5(8)2-1-12-6(9)4(3(2)10)15(11,13)14/h1,5H,(H2,10,12)(H2,11,13,14). The molecule has 0 bridgehead atoms. The lowest BCUT2D eigenvalue weighted by Gasteiger charge is -2.09. The number of sulfonamides is 1. The molecular formula is C6H6F2IN3O2S. The first-order valence-corrected chi connectivity index (χ1v) is 6.12. The topological polar surface area (TPSA) is 99.1 Å². The van der Waals surface area contributed by atoms with Crippen molar-refractivity contribution < 1.29 is 17.2 Å². The quantitative estimate of drug-likeness (QED) is 0.611. The van der Waals surface area contributed by atoms with E-state index in [4.69, 9.17) is 10.9 Å². The van der Waals surface area contributed by atoms with Crippen LogP contribution in [0.2, 0.25) is 0 Å². The van der Waals surface area contributed by atoms with Crippen molar-refractivity contribution in [3.63, 3.8) is 0 Å². The van der Waals surface area contributed by atoms with E-state index in [0.717, 1.165) is 6.20 Å². The SMILES string of the molecule is Nc1c(C(F)F)cnc(I)c1S(N)(=O)=O. The Morgan fingerprint density at radius 1 is 1.47 bits per heavy atom. The molecule has 4 N–H and O–H groups in total. The zero-order valence-electron chi connectivity index (χ0n) is 7.12. The average Bonchev–Trinajstić information content (AvgIpc) is 2.00. The van der Waals surface area contributed by atoms with Crippen molar-refractivity contribution in [2.45, 2.75) is 11.3 Å². The molecule has 0 unspecified atom stereocenters. The molecule has 0 radical (unpaired) electrons. The van der Waals surface area contributed by atoms with Crippen molar-refractivity contribution in [2.24, 2.45) is 5.14 Å². The van der Waals surface area contributed by atoms with Crippen LogP contribution in [0.3, 0.4) is 0 Å². The lowest BCUT2D eigenvalue weighted by atomic mass is 10.2. The van der Waals surface area contributed by atoms with E-state index in [-0.39, 0.29) is 3.70 Å². The Labute approximate surface area is 98.0 Å². The Hall–Kier alpha value is -0.550. The minimum atomic E-state index is -4.15. The van der Waals surface area contributed by atoms with E-state index in [0.29, 0.717) is 0 Å². The monoisotopic (exact) mass is 349 g/mol. The molecule has 0 aliphatic carbocycles. The number of rotatable bonds is 2. The van der Waals surface area contributed by atoms with Gasteiger partial charge in [-0.15, -0.1) is 0 Å². The van der Waals surface area contributed by atoms with Gasteiger partial charge in [0.1, 0.15) is 8.60 Å². The number of nitrogens with two attached hydrogens (primary N) is 2. The van der Waals surface area contributed by atoms with Gasteiger partial charge in [0, 0.05) is 6.20 Å². The molecule has 0 amide bonds. The van der Waals surface area contributed by atoms with E-state index >= 15 is 0 Å². The predicted octanol–water partition coefficient (Wildman–Crippen LogP) is 0.853. The maximum absolute atomic E-state index is 12.4. The molecule has 0 aromatic carbocycles. The molecule has 1 aromatic rings. The summed E-state index contributed by atoms with van der Waals surface area (Å²) in [6.07, 6.45) is -2.06. The summed E-state index contributed by atoms with van der Waals surface area (Å²) in [6.45, 7) is 0. The second kappa shape index (κ2) is 4.14. The Balaban J connectivity index is 3.59. The van der Waals surface area contributed by atoms with Crippen LogP contribution in [0.5, 0.6) is 0 Å². The number of nitrogens with zero attached hydrogens (tertiary/aromatic N) is 1. The lowest BCUT2D eigenvalue weighted by Crippen LogP contribution is -2.18. The molecular weight excluding hydrogens is 343 g/mol. The van der Waals surface area contributed by atoms with Crippen LogP contribution < -0.4 is 10.9 Å². The highest BCUT2D eigenvalue weighted by Gasteiger charge is 2.23. The van der Waals surface area contributed by atoms with Crippen molar-refractivity contribution in [1.29, 1.82) is 0 Å². The fourth-order valence-corrected chi connectivity index (χ4v) is 3.00. The molecule has 0 fully saturated rings. The smallest absolute Gasteiger partial charge is 0.267 e. The van der Waals surface area contributed by atoms with Crippen LogP contribution in [-0.4, -0.2) is 13.4 Å². The molecule has 9 heteroatoms. The summed E-state index contributed by atoms with van der Waals surface area (Å²) in [6, 6.07) is 0. The molecule has 1 rings (SSSR count). The Bertz CT molecular complexity index is 491. The van der Waals surface area contributed by atoms with Crippen LogP contribution in [0.1, 0.15) is 12.0 Å². The molecule has 15 heavy (non-hydrogen) atoms. The summed E-state index contributed by atoms with van der Waals surface area (Å²) < 4.78 is 46.8. The van der Waals surface area contributed by atoms with Gasteiger partial charge in [-0.25, -0.2) is 27.3 Å². The van der Waals surface area contributed by atoms with Crippen molar-refractivity contribution in [3.05, 3.63) is 15.5 Å². The van der Waals surface area contributed by atoms with Crippen molar-refractivity contribution in [1.82, 2.24) is 4.98 Å². The summed E-state index contributed by atoms with van der Waals surface area (Å²) in [5.74, 6) is 0. The normalized spacial score (nSPS) is 12.1. The summed E-state index contributed by atoms with van der Waals surface area (Å²) in [4.78, 5) is 2.94. The first-order chi connectivity index (χ1) is 6.75. The van der Waals surface area contributed by atoms with Crippen LogP contribution in [0, 0.1) is 3.70 Å². The highest BCUT2D eigenvalue weighted by atomic mass is 127. The molecule has 84 valence electrons. The molecule has 0 aliphatic rings. The van der Waals surface area contributed by atoms with Crippen molar-refractivity contribution >= 4 is 38.3 Å². The van der Waals surface area contributed by atoms with Crippen molar-refractivity contribution in [3.8, 4) is 0 Å². The van der Waals surface area contributed by atoms with E-state index in [1.807, 2.05) is 0 Å². The van der Waals surface area contributed by atoms with Gasteiger partial charge in [-0.05, 0) is 22.6 Å². The maximum Gasteiger partial charge on any atom is 0.267 e. The van der Waals surface area contributed by atoms with Crippen molar-refractivity contribution in [2.75, 3.05) is 5.73 Å².